The average Bonchev–Trinajstić information content (AvgIpc) is 3.51. The van der Waals surface area contributed by atoms with E-state index in [9.17, 15) is 0 Å². The van der Waals surface area contributed by atoms with Crippen LogP contribution in [0.4, 0.5) is 0 Å². The van der Waals surface area contributed by atoms with Crippen LogP contribution in [0.15, 0.2) is 0 Å². The predicted molar refractivity (Wildman–Crippen MR) is 156 cm³/mol. The third-order valence-electron chi connectivity index (χ3n) is 12.6. The summed E-state index contributed by atoms with van der Waals surface area (Å²) in [5.74, 6) is 5.50. The Morgan fingerprint density at radius 1 is 0.333 bits per heavy atom. The van der Waals surface area contributed by atoms with Gasteiger partial charge in [0, 0.05) is 0 Å². The Morgan fingerprint density at radius 3 is 1.11 bits per heavy atom. The molecule has 1 nitrogen and oxygen atoms in total. The molecule has 0 N–H and O–H groups in total. The topological polar surface area (TPSA) is 3.24 Å². The predicted octanol–water partition coefficient (Wildman–Crippen LogP) is 9.83. The molecule has 5 aliphatic carbocycles. The third-order valence-corrected chi connectivity index (χ3v) is 15.9. The molecule has 0 amide bonds. The van der Waals surface area contributed by atoms with Crippen LogP contribution in [0.3, 0.4) is 0 Å². The van der Waals surface area contributed by atoms with Gasteiger partial charge < -0.3 is 0 Å². The number of hydrogen-bond acceptors (Lipinski definition) is 1. The van der Waals surface area contributed by atoms with Gasteiger partial charge in [0.1, 0.15) is 0 Å². The first-order chi connectivity index (χ1) is 17.8. The molecule has 1 heterocycles. The summed E-state index contributed by atoms with van der Waals surface area (Å²) < 4.78 is 0. The molecule has 0 aromatic rings. The molecule has 1 saturated heterocycles. The van der Waals surface area contributed by atoms with E-state index in [4.69, 9.17) is 0 Å². The van der Waals surface area contributed by atoms with Gasteiger partial charge in [-0.1, -0.05) is 38.5 Å². The van der Waals surface area contributed by atoms with Gasteiger partial charge in [-0.25, -0.2) is 0 Å². The van der Waals surface area contributed by atoms with Gasteiger partial charge in [0.05, 0.1) is 0 Å². The fraction of sp³-hybridized carbons (Fsp3) is 1.00. The molecule has 0 radical (unpaired) electrons. The van der Waals surface area contributed by atoms with Crippen molar-refractivity contribution in [2.45, 2.75) is 182 Å². The second-order valence-electron chi connectivity index (χ2n) is 14.5. The Morgan fingerprint density at radius 2 is 0.722 bits per heavy atom. The fourth-order valence-electron chi connectivity index (χ4n) is 10.6. The summed E-state index contributed by atoms with van der Waals surface area (Å²) in [6.07, 6.45) is 37.4. The standard InChI is InChI=1S/C34H59NSe/c1-3-8-26(9-4-1)28-13-19-31(20-14-28)35(33-23-17-30(18-24-33)34-12-7-25-36-34)32-21-15-29(16-22-32)27-10-5-2-6-11-27/h26-34H,1-25H2. The summed E-state index contributed by atoms with van der Waals surface area (Å²) in [6.45, 7) is 0. The monoisotopic (exact) mass is 561 g/mol. The molecule has 0 aromatic heterocycles. The SMILES string of the molecule is C1CCC(C2CCC(N(C3CCC(C4CCCCC4)CC3)C3CCC(C4CCC[Se]4)CC3)CC2)CC1. The zero-order valence-electron chi connectivity index (χ0n) is 23.7. The molecule has 36 heavy (non-hydrogen) atoms. The van der Waals surface area contributed by atoms with E-state index in [1.807, 2.05) is 0 Å². The number of hydrogen-bond donors (Lipinski definition) is 0. The maximum atomic E-state index is 3.28. The maximum absolute atomic E-state index is 3.28. The number of rotatable bonds is 6. The first-order valence-electron chi connectivity index (χ1n) is 17.2. The van der Waals surface area contributed by atoms with Crippen molar-refractivity contribution in [1.29, 1.82) is 0 Å². The molecular weight excluding hydrogens is 501 g/mol. The van der Waals surface area contributed by atoms with Crippen molar-refractivity contribution in [2.24, 2.45) is 29.6 Å². The summed E-state index contributed by atoms with van der Waals surface area (Å²) in [4.78, 5) is 4.45. The van der Waals surface area contributed by atoms with Gasteiger partial charge in [0.15, 0.2) is 0 Å². The summed E-state index contributed by atoms with van der Waals surface area (Å²) in [5, 5.41) is 1.60. The molecule has 0 bridgehead atoms. The molecule has 5 saturated carbocycles. The van der Waals surface area contributed by atoms with Crippen molar-refractivity contribution in [3.8, 4) is 0 Å². The Labute approximate surface area is 231 Å². The first kappa shape index (κ1) is 26.7. The van der Waals surface area contributed by atoms with Crippen LogP contribution in [0, 0.1) is 29.6 Å². The van der Waals surface area contributed by atoms with Crippen LogP contribution < -0.4 is 0 Å². The minimum Gasteiger partial charge on any atom is -0.0530 e. The minimum absolute atomic E-state index is 0.943. The fourth-order valence-corrected chi connectivity index (χ4v) is 13.8. The molecule has 6 rings (SSSR count). The van der Waals surface area contributed by atoms with E-state index in [0.29, 0.717) is 0 Å². The molecular formula is C34H59NSe. The van der Waals surface area contributed by atoms with E-state index in [-0.39, 0.29) is 0 Å². The van der Waals surface area contributed by atoms with Crippen LogP contribution in [0.2, 0.25) is 10.1 Å². The minimum atomic E-state index is 0.943. The summed E-state index contributed by atoms with van der Waals surface area (Å²) >= 11 is 0.992. The molecule has 6 fully saturated rings. The number of nitrogens with zero attached hydrogens (tertiary/aromatic N) is 1. The van der Waals surface area contributed by atoms with Crippen LogP contribution in [0.1, 0.15) is 154 Å². The van der Waals surface area contributed by atoms with Crippen LogP contribution in [0.5, 0.6) is 0 Å². The van der Waals surface area contributed by atoms with Crippen molar-refractivity contribution in [3.63, 3.8) is 0 Å². The van der Waals surface area contributed by atoms with E-state index in [1.165, 1.54) is 43.3 Å². The molecule has 1 unspecified atom stereocenters. The average molecular weight is 561 g/mol. The molecule has 1 atom stereocenters. The Bertz CT molecular complexity index is 584. The summed E-state index contributed by atoms with van der Waals surface area (Å²) in [6, 6.07) is 2.83. The van der Waals surface area contributed by atoms with E-state index in [0.717, 1.165) is 62.7 Å². The zero-order valence-corrected chi connectivity index (χ0v) is 25.4. The van der Waals surface area contributed by atoms with Crippen LogP contribution in [-0.2, 0) is 0 Å². The smallest absolute Gasteiger partial charge is 0.0530 e. The quantitative estimate of drug-likeness (QED) is 0.292. The van der Waals surface area contributed by atoms with E-state index in [2.05, 4.69) is 4.90 Å². The first-order valence-corrected chi connectivity index (χ1v) is 19.4. The molecule has 6 aliphatic rings. The summed E-state index contributed by atoms with van der Waals surface area (Å²) in [7, 11) is 0. The Balaban J connectivity index is 1.08. The van der Waals surface area contributed by atoms with E-state index in [1.54, 1.807) is 121 Å². The molecule has 2 heteroatoms. The molecule has 1 aliphatic heterocycles. The Kier molecular flexibility index (Phi) is 9.80. The van der Waals surface area contributed by atoms with Gasteiger partial charge in [-0.05, 0) is 0 Å². The van der Waals surface area contributed by atoms with Crippen LogP contribution in [0.25, 0.3) is 0 Å². The molecule has 0 spiro atoms. The van der Waals surface area contributed by atoms with Crippen molar-refractivity contribution in [2.75, 3.05) is 0 Å². The summed E-state index contributed by atoms with van der Waals surface area (Å²) in [5.41, 5.74) is 0. The van der Waals surface area contributed by atoms with Gasteiger partial charge in [0.25, 0.3) is 0 Å². The molecule has 206 valence electrons. The normalized spacial score (nSPS) is 42.1. The van der Waals surface area contributed by atoms with Crippen LogP contribution in [-0.4, -0.2) is 38.0 Å². The van der Waals surface area contributed by atoms with Crippen LogP contribution >= 0.6 is 0 Å². The zero-order chi connectivity index (χ0) is 24.2. The van der Waals surface area contributed by atoms with Gasteiger partial charge in [-0.2, -0.15) is 0 Å². The van der Waals surface area contributed by atoms with Gasteiger partial charge in [0.2, 0.25) is 0 Å². The van der Waals surface area contributed by atoms with Crippen molar-refractivity contribution < 1.29 is 0 Å². The second kappa shape index (κ2) is 13.2. The third kappa shape index (κ3) is 6.44. The van der Waals surface area contributed by atoms with Crippen molar-refractivity contribution in [3.05, 3.63) is 0 Å². The van der Waals surface area contributed by atoms with Gasteiger partial charge >= 0.3 is 193 Å². The molecule has 0 aromatic carbocycles. The van der Waals surface area contributed by atoms with E-state index < -0.39 is 0 Å². The van der Waals surface area contributed by atoms with E-state index >= 15 is 0 Å². The van der Waals surface area contributed by atoms with Crippen molar-refractivity contribution >= 4 is 15.0 Å². The Hall–Kier alpha value is 0.479. The van der Waals surface area contributed by atoms with Crippen molar-refractivity contribution in [1.82, 2.24) is 4.90 Å². The van der Waals surface area contributed by atoms with Gasteiger partial charge in [-0.3, -0.25) is 0 Å². The second-order valence-corrected chi connectivity index (χ2v) is 17.3. The van der Waals surface area contributed by atoms with Gasteiger partial charge in [-0.15, -0.1) is 0 Å².